The molecule has 0 saturated heterocycles. The Balaban J connectivity index is 1.92. The summed E-state index contributed by atoms with van der Waals surface area (Å²) in [5.74, 6) is -0.162. The van der Waals surface area contributed by atoms with Crippen molar-refractivity contribution in [2.75, 3.05) is 18.6 Å². The molecule has 0 saturated carbocycles. The number of carbonyl (C=O) groups excluding carboxylic acids is 2. The van der Waals surface area contributed by atoms with E-state index in [1.54, 1.807) is 35.9 Å². The summed E-state index contributed by atoms with van der Waals surface area (Å²) < 4.78 is 0. The Labute approximate surface area is 152 Å². The Bertz CT molecular complexity index is 752. The van der Waals surface area contributed by atoms with Crippen LogP contribution >= 0.6 is 11.8 Å². The van der Waals surface area contributed by atoms with E-state index in [2.05, 4.69) is 17.4 Å². The van der Waals surface area contributed by atoms with Crippen LogP contribution in [-0.4, -0.2) is 30.0 Å². The summed E-state index contributed by atoms with van der Waals surface area (Å²) in [4.78, 5) is 26.1. The van der Waals surface area contributed by atoms with Crippen molar-refractivity contribution >= 4 is 35.3 Å². The summed E-state index contributed by atoms with van der Waals surface area (Å²) >= 11 is 1.70. The lowest BCUT2D eigenvalue weighted by atomic mass is 10.2. The Morgan fingerprint density at radius 2 is 1.72 bits per heavy atom. The van der Waals surface area contributed by atoms with Crippen LogP contribution in [0.4, 0.5) is 5.69 Å². The minimum atomic E-state index is -0.106. The average molecular weight is 354 g/mol. The highest BCUT2D eigenvalue weighted by Gasteiger charge is 2.06. The van der Waals surface area contributed by atoms with Crippen LogP contribution in [0.2, 0.25) is 0 Å². The van der Waals surface area contributed by atoms with Crippen molar-refractivity contribution in [3.05, 3.63) is 65.7 Å². The first kappa shape index (κ1) is 18.8. The van der Waals surface area contributed by atoms with Crippen LogP contribution < -0.4 is 5.32 Å². The molecular formula is C20H22N2O2S. The molecule has 1 N–H and O–H groups in total. The quantitative estimate of drug-likeness (QED) is 0.629. The lowest BCUT2D eigenvalue weighted by molar-refractivity contribution is -0.125. The van der Waals surface area contributed by atoms with Crippen molar-refractivity contribution in [3.8, 4) is 0 Å². The number of carbonyl (C=O) groups is 2. The first-order valence-corrected chi connectivity index (χ1v) is 9.14. The molecule has 2 aromatic rings. The van der Waals surface area contributed by atoms with Crippen molar-refractivity contribution in [2.24, 2.45) is 0 Å². The van der Waals surface area contributed by atoms with Gasteiger partial charge in [-0.1, -0.05) is 24.3 Å². The van der Waals surface area contributed by atoms with Gasteiger partial charge in [0, 0.05) is 37.2 Å². The zero-order valence-corrected chi connectivity index (χ0v) is 15.5. The van der Waals surface area contributed by atoms with Gasteiger partial charge in [0.05, 0.1) is 0 Å². The molecule has 0 fully saturated rings. The van der Waals surface area contributed by atoms with E-state index < -0.39 is 0 Å². The summed E-state index contributed by atoms with van der Waals surface area (Å²) in [6.45, 7) is 2.04. The minimum Gasteiger partial charge on any atom is -0.338 e. The predicted octanol–water partition coefficient (Wildman–Crippen LogP) is 4.04. The molecule has 130 valence electrons. The van der Waals surface area contributed by atoms with Gasteiger partial charge in [-0.15, -0.1) is 11.8 Å². The van der Waals surface area contributed by atoms with Crippen LogP contribution in [0.25, 0.3) is 6.08 Å². The van der Waals surface area contributed by atoms with Crippen molar-refractivity contribution in [2.45, 2.75) is 18.4 Å². The molecule has 0 spiro atoms. The standard InChI is InChI=1S/C20H22N2O2S/c1-15(23)21-18-9-4-16(5-10-18)8-13-20(24)22(2)14-17-6-11-19(25-3)12-7-17/h4-13H,14H2,1-3H3,(H,21,23)/b13-8+. The smallest absolute Gasteiger partial charge is 0.246 e. The van der Waals surface area contributed by atoms with Gasteiger partial charge in [-0.2, -0.15) is 0 Å². The van der Waals surface area contributed by atoms with Crippen molar-refractivity contribution < 1.29 is 9.59 Å². The molecule has 0 aliphatic heterocycles. The number of thioether (sulfide) groups is 1. The van der Waals surface area contributed by atoms with Crippen molar-refractivity contribution in [1.82, 2.24) is 4.90 Å². The third-order valence-corrected chi connectivity index (χ3v) is 4.35. The van der Waals surface area contributed by atoms with Gasteiger partial charge in [-0.3, -0.25) is 9.59 Å². The van der Waals surface area contributed by atoms with E-state index in [9.17, 15) is 9.59 Å². The average Bonchev–Trinajstić information content (AvgIpc) is 2.61. The highest BCUT2D eigenvalue weighted by atomic mass is 32.2. The van der Waals surface area contributed by atoms with Gasteiger partial charge in [-0.25, -0.2) is 0 Å². The molecule has 0 radical (unpaired) electrons. The number of hydrogen-bond donors (Lipinski definition) is 1. The van der Waals surface area contributed by atoms with Crippen molar-refractivity contribution in [1.29, 1.82) is 0 Å². The van der Waals surface area contributed by atoms with Gasteiger partial charge in [0.25, 0.3) is 0 Å². The largest absolute Gasteiger partial charge is 0.338 e. The monoisotopic (exact) mass is 354 g/mol. The summed E-state index contributed by atoms with van der Waals surface area (Å²) in [5, 5.41) is 2.71. The van der Waals surface area contributed by atoms with Crippen LogP contribution in [0.1, 0.15) is 18.1 Å². The maximum Gasteiger partial charge on any atom is 0.246 e. The van der Waals surface area contributed by atoms with E-state index in [0.29, 0.717) is 6.54 Å². The third-order valence-electron chi connectivity index (χ3n) is 3.60. The summed E-state index contributed by atoms with van der Waals surface area (Å²) in [6, 6.07) is 15.5. The number of amides is 2. The Morgan fingerprint density at radius 3 is 2.28 bits per heavy atom. The van der Waals surface area contributed by atoms with Gasteiger partial charge in [0.1, 0.15) is 0 Å². The predicted molar refractivity (Wildman–Crippen MR) is 104 cm³/mol. The van der Waals surface area contributed by atoms with E-state index in [1.807, 2.05) is 42.7 Å². The Kier molecular flexibility index (Phi) is 6.83. The molecule has 0 heterocycles. The zero-order valence-electron chi connectivity index (χ0n) is 14.7. The third kappa shape index (κ3) is 6.12. The van der Waals surface area contributed by atoms with Crippen molar-refractivity contribution in [3.63, 3.8) is 0 Å². The molecule has 2 aromatic carbocycles. The van der Waals surface area contributed by atoms with Crippen LogP contribution in [0.3, 0.4) is 0 Å². The summed E-state index contributed by atoms with van der Waals surface area (Å²) in [7, 11) is 1.79. The second-order valence-electron chi connectivity index (χ2n) is 5.68. The first-order chi connectivity index (χ1) is 12.0. The lowest BCUT2D eigenvalue weighted by Crippen LogP contribution is -2.24. The summed E-state index contributed by atoms with van der Waals surface area (Å²) in [6.07, 6.45) is 5.37. The van der Waals surface area contributed by atoms with Crippen LogP contribution in [0.5, 0.6) is 0 Å². The molecule has 0 aliphatic carbocycles. The van der Waals surface area contributed by atoms with Crippen LogP contribution in [0.15, 0.2) is 59.5 Å². The lowest BCUT2D eigenvalue weighted by Gasteiger charge is -2.15. The maximum absolute atomic E-state index is 12.2. The molecular weight excluding hydrogens is 332 g/mol. The first-order valence-electron chi connectivity index (χ1n) is 7.91. The number of nitrogens with zero attached hydrogens (tertiary/aromatic N) is 1. The van der Waals surface area contributed by atoms with Gasteiger partial charge in [-0.05, 0) is 47.7 Å². The topological polar surface area (TPSA) is 49.4 Å². The Hall–Kier alpha value is -2.53. The molecule has 0 unspecified atom stereocenters. The van der Waals surface area contributed by atoms with Crippen LogP contribution in [0, 0.1) is 0 Å². The molecule has 2 rings (SSSR count). The van der Waals surface area contributed by atoms with E-state index in [0.717, 1.165) is 16.8 Å². The second-order valence-corrected chi connectivity index (χ2v) is 6.56. The number of rotatable bonds is 6. The molecule has 4 nitrogen and oxygen atoms in total. The number of nitrogens with one attached hydrogen (secondary N) is 1. The fourth-order valence-electron chi connectivity index (χ4n) is 2.26. The molecule has 0 atom stereocenters. The number of anilines is 1. The minimum absolute atomic E-state index is 0.0557. The molecule has 25 heavy (non-hydrogen) atoms. The van der Waals surface area contributed by atoms with Gasteiger partial charge in [0.2, 0.25) is 11.8 Å². The molecule has 0 aliphatic rings. The fraction of sp³-hybridized carbons (Fsp3) is 0.200. The Morgan fingerprint density at radius 1 is 1.08 bits per heavy atom. The SMILES string of the molecule is CSc1ccc(CN(C)C(=O)/C=C/c2ccc(NC(C)=O)cc2)cc1. The van der Waals surface area contributed by atoms with E-state index in [4.69, 9.17) is 0 Å². The van der Waals surface area contributed by atoms with E-state index in [-0.39, 0.29) is 11.8 Å². The summed E-state index contributed by atoms with van der Waals surface area (Å²) in [5.41, 5.74) is 2.74. The van der Waals surface area contributed by atoms with E-state index >= 15 is 0 Å². The normalized spacial score (nSPS) is 10.7. The number of hydrogen-bond acceptors (Lipinski definition) is 3. The molecule has 5 heteroatoms. The highest BCUT2D eigenvalue weighted by Crippen LogP contribution is 2.16. The highest BCUT2D eigenvalue weighted by molar-refractivity contribution is 7.98. The van der Waals surface area contributed by atoms with E-state index in [1.165, 1.54) is 11.8 Å². The maximum atomic E-state index is 12.2. The van der Waals surface area contributed by atoms with Gasteiger partial charge >= 0.3 is 0 Å². The molecule has 0 aromatic heterocycles. The number of likely N-dealkylation sites (N-methyl/N-ethyl adjacent to an activating group) is 1. The molecule has 0 bridgehead atoms. The molecule has 2 amide bonds. The van der Waals surface area contributed by atoms with Crippen LogP contribution in [-0.2, 0) is 16.1 Å². The van der Waals surface area contributed by atoms with Gasteiger partial charge in [0.15, 0.2) is 0 Å². The fourth-order valence-corrected chi connectivity index (χ4v) is 2.67. The number of benzene rings is 2. The zero-order chi connectivity index (χ0) is 18.2. The second kappa shape index (κ2) is 9.08. The van der Waals surface area contributed by atoms with Gasteiger partial charge < -0.3 is 10.2 Å².